The second-order valence-electron chi connectivity index (χ2n) is 5.88. The molecule has 0 saturated carbocycles. The highest BCUT2D eigenvalue weighted by molar-refractivity contribution is 6.02. The van der Waals surface area contributed by atoms with E-state index >= 15 is 0 Å². The summed E-state index contributed by atoms with van der Waals surface area (Å²) in [6.45, 7) is 4.03. The molecule has 0 unspecified atom stereocenters. The maximum atomic E-state index is 12.3. The molecule has 2 aromatic carbocycles. The molecule has 0 radical (unpaired) electrons. The molecule has 0 spiro atoms. The van der Waals surface area contributed by atoms with E-state index in [9.17, 15) is 4.79 Å². The molecule has 1 heterocycles. The van der Waals surface area contributed by atoms with Crippen LogP contribution in [0.25, 0.3) is 0 Å². The van der Waals surface area contributed by atoms with Crippen LogP contribution in [-0.2, 0) is 0 Å². The van der Waals surface area contributed by atoms with Crippen molar-refractivity contribution in [2.24, 2.45) is 0 Å². The topological polar surface area (TPSA) is 76.1 Å². The summed E-state index contributed by atoms with van der Waals surface area (Å²) in [7, 11) is 1.60. The number of hydrogen-bond donors (Lipinski definition) is 2. The number of methoxy groups -OCH3 is 1. The van der Waals surface area contributed by atoms with E-state index in [-0.39, 0.29) is 11.6 Å². The fraction of sp³-hybridized carbons (Fsp3) is 0.150. The van der Waals surface area contributed by atoms with Crippen molar-refractivity contribution in [1.29, 1.82) is 0 Å². The fourth-order valence-electron chi connectivity index (χ4n) is 2.42. The molecule has 0 aliphatic heterocycles. The molecule has 1 aromatic heterocycles. The Labute approximate surface area is 152 Å². The minimum absolute atomic E-state index is 0.244. The van der Waals surface area contributed by atoms with E-state index in [0.29, 0.717) is 11.6 Å². The average Bonchev–Trinajstić information content (AvgIpc) is 2.66. The third kappa shape index (κ3) is 3.97. The summed E-state index contributed by atoms with van der Waals surface area (Å²) in [4.78, 5) is 12.3. The van der Waals surface area contributed by atoms with Crippen LogP contribution in [0.5, 0.6) is 5.75 Å². The van der Waals surface area contributed by atoms with E-state index in [1.165, 1.54) is 5.56 Å². The molecular formula is C20H20N4O2. The van der Waals surface area contributed by atoms with E-state index in [1.807, 2.05) is 56.3 Å². The number of carbonyl (C=O) groups excluding carboxylic acids is 1. The first-order chi connectivity index (χ1) is 12.6. The Bertz CT molecular complexity index is 923. The van der Waals surface area contributed by atoms with Crippen LogP contribution < -0.4 is 15.4 Å². The van der Waals surface area contributed by atoms with Crippen molar-refractivity contribution >= 4 is 23.1 Å². The molecule has 0 aliphatic rings. The predicted molar refractivity (Wildman–Crippen MR) is 102 cm³/mol. The molecule has 0 fully saturated rings. The molecule has 1 amide bonds. The van der Waals surface area contributed by atoms with Crippen LogP contribution in [0.15, 0.2) is 54.6 Å². The highest BCUT2D eigenvalue weighted by Gasteiger charge is 2.10. The minimum atomic E-state index is -0.301. The SMILES string of the molecule is COc1ccccc1Nc1ccc(C(=O)Nc2ccc(C)c(C)c2)nn1. The molecule has 26 heavy (non-hydrogen) atoms. The number of para-hydroxylation sites is 2. The number of carbonyl (C=O) groups is 1. The normalized spacial score (nSPS) is 10.3. The van der Waals surface area contributed by atoms with Crippen LogP contribution in [0.1, 0.15) is 21.6 Å². The lowest BCUT2D eigenvalue weighted by Gasteiger charge is -2.10. The van der Waals surface area contributed by atoms with Crippen LogP contribution >= 0.6 is 0 Å². The quantitative estimate of drug-likeness (QED) is 0.726. The third-order valence-corrected chi connectivity index (χ3v) is 4.03. The third-order valence-electron chi connectivity index (χ3n) is 4.03. The monoisotopic (exact) mass is 348 g/mol. The van der Waals surface area contributed by atoms with E-state index < -0.39 is 0 Å². The molecular weight excluding hydrogens is 328 g/mol. The van der Waals surface area contributed by atoms with E-state index in [4.69, 9.17) is 4.74 Å². The first kappa shape index (κ1) is 17.4. The minimum Gasteiger partial charge on any atom is -0.495 e. The lowest BCUT2D eigenvalue weighted by molar-refractivity contribution is 0.102. The van der Waals surface area contributed by atoms with E-state index in [1.54, 1.807) is 19.2 Å². The molecule has 0 atom stereocenters. The maximum absolute atomic E-state index is 12.3. The van der Waals surface area contributed by atoms with Gasteiger partial charge in [-0.2, -0.15) is 0 Å². The zero-order valence-electron chi connectivity index (χ0n) is 14.9. The summed E-state index contributed by atoms with van der Waals surface area (Å²) in [5, 5.41) is 14.0. The number of benzene rings is 2. The van der Waals surface area contributed by atoms with E-state index in [0.717, 1.165) is 16.9 Å². The highest BCUT2D eigenvalue weighted by atomic mass is 16.5. The number of ether oxygens (including phenoxy) is 1. The van der Waals surface area contributed by atoms with Gasteiger partial charge in [0.05, 0.1) is 12.8 Å². The molecule has 0 aliphatic carbocycles. The van der Waals surface area contributed by atoms with Crippen LogP contribution in [0.2, 0.25) is 0 Å². The van der Waals surface area contributed by atoms with Crippen molar-refractivity contribution in [2.45, 2.75) is 13.8 Å². The number of aromatic nitrogens is 2. The Balaban J connectivity index is 1.70. The van der Waals surface area contributed by atoms with Crippen LogP contribution in [0, 0.1) is 13.8 Å². The molecule has 3 aromatic rings. The van der Waals surface area contributed by atoms with Crippen LogP contribution in [0.3, 0.4) is 0 Å². The van der Waals surface area contributed by atoms with Crippen molar-refractivity contribution in [3.05, 3.63) is 71.4 Å². The fourth-order valence-corrected chi connectivity index (χ4v) is 2.42. The first-order valence-corrected chi connectivity index (χ1v) is 8.19. The van der Waals surface area contributed by atoms with Crippen molar-refractivity contribution in [2.75, 3.05) is 17.7 Å². The Hall–Kier alpha value is -3.41. The number of hydrogen-bond acceptors (Lipinski definition) is 5. The number of aryl methyl sites for hydroxylation is 2. The Kier molecular flexibility index (Phi) is 5.12. The summed E-state index contributed by atoms with van der Waals surface area (Å²) in [5.74, 6) is 0.924. The summed E-state index contributed by atoms with van der Waals surface area (Å²) >= 11 is 0. The maximum Gasteiger partial charge on any atom is 0.276 e. The van der Waals surface area contributed by atoms with Gasteiger partial charge in [-0.15, -0.1) is 10.2 Å². The summed E-state index contributed by atoms with van der Waals surface area (Å²) in [6, 6.07) is 16.6. The van der Waals surface area contributed by atoms with Gasteiger partial charge in [0.15, 0.2) is 11.5 Å². The smallest absolute Gasteiger partial charge is 0.276 e. The van der Waals surface area contributed by atoms with Gasteiger partial charge in [0.1, 0.15) is 5.75 Å². The van der Waals surface area contributed by atoms with Crippen molar-refractivity contribution in [3.63, 3.8) is 0 Å². The number of nitrogens with one attached hydrogen (secondary N) is 2. The Morgan fingerprint density at radius 1 is 0.962 bits per heavy atom. The molecule has 3 rings (SSSR count). The Morgan fingerprint density at radius 3 is 2.46 bits per heavy atom. The first-order valence-electron chi connectivity index (χ1n) is 8.19. The van der Waals surface area contributed by atoms with Gasteiger partial charge >= 0.3 is 0 Å². The summed E-state index contributed by atoms with van der Waals surface area (Å²) < 4.78 is 5.29. The summed E-state index contributed by atoms with van der Waals surface area (Å²) in [6.07, 6.45) is 0. The zero-order chi connectivity index (χ0) is 18.5. The average molecular weight is 348 g/mol. The standard InChI is InChI=1S/C20H20N4O2/c1-13-8-9-15(12-14(13)2)21-20(25)17-10-11-19(24-23-17)22-16-6-4-5-7-18(16)26-3/h4-12H,1-3H3,(H,21,25)(H,22,24). The number of nitrogens with zero attached hydrogens (tertiary/aromatic N) is 2. The predicted octanol–water partition coefficient (Wildman–Crippen LogP) is 4.10. The second kappa shape index (κ2) is 7.65. The second-order valence-corrected chi connectivity index (χ2v) is 5.88. The van der Waals surface area contributed by atoms with Crippen molar-refractivity contribution in [1.82, 2.24) is 10.2 Å². The molecule has 0 bridgehead atoms. The van der Waals surface area contributed by atoms with Gasteiger partial charge in [0, 0.05) is 5.69 Å². The Morgan fingerprint density at radius 2 is 1.77 bits per heavy atom. The summed E-state index contributed by atoms with van der Waals surface area (Å²) in [5.41, 5.74) is 4.04. The molecule has 0 saturated heterocycles. The largest absolute Gasteiger partial charge is 0.495 e. The van der Waals surface area contributed by atoms with Gasteiger partial charge in [-0.1, -0.05) is 18.2 Å². The van der Waals surface area contributed by atoms with Gasteiger partial charge in [0.2, 0.25) is 0 Å². The lowest BCUT2D eigenvalue weighted by atomic mass is 10.1. The lowest BCUT2D eigenvalue weighted by Crippen LogP contribution is -2.14. The van der Waals surface area contributed by atoms with Gasteiger partial charge in [-0.25, -0.2) is 0 Å². The van der Waals surface area contributed by atoms with E-state index in [2.05, 4.69) is 20.8 Å². The zero-order valence-corrected chi connectivity index (χ0v) is 14.9. The molecule has 132 valence electrons. The van der Waals surface area contributed by atoms with Crippen LogP contribution in [-0.4, -0.2) is 23.2 Å². The van der Waals surface area contributed by atoms with Crippen molar-refractivity contribution < 1.29 is 9.53 Å². The number of amides is 1. The molecule has 6 heteroatoms. The van der Waals surface area contributed by atoms with Gasteiger partial charge in [-0.3, -0.25) is 4.79 Å². The van der Waals surface area contributed by atoms with Crippen LogP contribution in [0.4, 0.5) is 17.2 Å². The number of anilines is 3. The van der Waals surface area contributed by atoms with Gasteiger partial charge < -0.3 is 15.4 Å². The van der Waals surface area contributed by atoms with Crippen molar-refractivity contribution in [3.8, 4) is 5.75 Å². The molecule has 2 N–H and O–H groups in total. The van der Waals surface area contributed by atoms with Gasteiger partial charge in [-0.05, 0) is 61.4 Å². The highest BCUT2D eigenvalue weighted by Crippen LogP contribution is 2.25. The molecule has 6 nitrogen and oxygen atoms in total. The number of rotatable bonds is 5. The van der Waals surface area contributed by atoms with Gasteiger partial charge in [0.25, 0.3) is 5.91 Å².